The first-order valence-corrected chi connectivity index (χ1v) is 4.84. The summed E-state index contributed by atoms with van der Waals surface area (Å²) in [7, 11) is 0. The van der Waals surface area contributed by atoms with Gasteiger partial charge in [0.2, 0.25) is 0 Å². The van der Waals surface area contributed by atoms with Crippen LogP contribution < -0.4 is 0 Å². The van der Waals surface area contributed by atoms with Crippen LogP contribution in [0.5, 0.6) is 0 Å². The average Bonchev–Trinajstić information content (AvgIpc) is 2.27. The van der Waals surface area contributed by atoms with Gasteiger partial charge in [0.15, 0.2) is 0 Å². The highest BCUT2D eigenvalue weighted by Crippen LogP contribution is 2.05. The van der Waals surface area contributed by atoms with Crippen LogP contribution in [-0.4, -0.2) is 44.9 Å². The van der Waals surface area contributed by atoms with Gasteiger partial charge in [0.05, 0.1) is 18.9 Å². The zero-order chi connectivity index (χ0) is 12.8. The molecule has 1 aromatic heterocycles. The Balaban J connectivity index is 2.92. The molecule has 1 heterocycles. The van der Waals surface area contributed by atoms with E-state index in [4.69, 9.17) is 23.1 Å². The summed E-state index contributed by atoms with van der Waals surface area (Å²) >= 11 is 5.58. The molecular weight excluding hydrogens is 246 g/mol. The molecule has 88 valence electrons. The van der Waals surface area contributed by atoms with Gasteiger partial charge in [0, 0.05) is 0 Å². The molecule has 6 nitrogen and oxygen atoms in total. The maximum absolute atomic E-state index is 11.8. The third-order valence-electron chi connectivity index (χ3n) is 1.72. The molecule has 0 saturated carbocycles. The Bertz CT molecular complexity index is 484. The van der Waals surface area contributed by atoms with Crippen LogP contribution in [0.3, 0.4) is 0 Å². The molecule has 0 fully saturated rings. The van der Waals surface area contributed by atoms with Crippen molar-refractivity contribution in [1.29, 1.82) is 0 Å². The highest BCUT2D eigenvalue weighted by Gasteiger charge is 2.19. The minimum Gasteiger partial charge on any atom is -0.480 e. The summed E-state index contributed by atoms with van der Waals surface area (Å²) < 4.78 is 0. The molecule has 0 aromatic carbocycles. The Labute approximate surface area is 102 Å². The van der Waals surface area contributed by atoms with Crippen molar-refractivity contribution in [2.24, 2.45) is 0 Å². The minimum absolute atomic E-state index is 0.0472. The fraction of sp³-hybridized carbons (Fsp3) is 0.200. The molecule has 0 unspecified atom stereocenters. The number of halogens is 1. The number of carboxylic acids is 1. The zero-order valence-electron chi connectivity index (χ0n) is 8.63. The number of nitrogens with zero attached hydrogens (tertiary/aromatic N) is 3. The second-order valence-electron chi connectivity index (χ2n) is 2.99. The van der Waals surface area contributed by atoms with Gasteiger partial charge < -0.3 is 10.0 Å². The fourth-order valence-electron chi connectivity index (χ4n) is 1.08. The number of amides is 1. The van der Waals surface area contributed by atoms with Crippen molar-refractivity contribution in [3.63, 3.8) is 0 Å². The lowest BCUT2D eigenvalue weighted by Crippen LogP contribution is -2.36. The molecule has 17 heavy (non-hydrogen) atoms. The van der Waals surface area contributed by atoms with Crippen molar-refractivity contribution in [3.05, 3.63) is 23.2 Å². The predicted octanol–water partition coefficient (Wildman–Crippen LogP) is 0.290. The maximum Gasteiger partial charge on any atom is 0.323 e. The summed E-state index contributed by atoms with van der Waals surface area (Å²) in [4.78, 5) is 30.8. The van der Waals surface area contributed by atoms with Crippen molar-refractivity contribution in [2.45, 2.75) is 0 Å². The molecule has 0 aliphatic carbocycles. The highest BCUT2D eigenvalue weighted by atomic mass is 35.5. The number of carboxylic acid groups (broad SMARTS) is 1. The van der Waals surface area contributed by atoms with Gasteiger partial charge in [-0.1, -0.05) is 17.5 Å². The summed E-state index contributed by atoms with van der Waals surface area (Å²) in [5, 5.41) is 8.68. The molecule has 0 aliphatic heterocycles. The third kappa shape index (κ3) is 3.74. The van der Waals surface area contributed by atoms with Crippen molar-refractivity contribution < 1.29 is 14.7 Å². The molecule has 0 saturated heterocycles. The first-order chi connectivity index (χ1) is 8.04. The number of aromatic nitrogens is 2. The first-order valence-electron chi connectivity index (χ1n) is 4.46. The van der Waals surface area contributed by atoms with E-state index in [9.17, 15) is 9.59 Å². The monoisotopic (exact) mass is 253 g/mol. The summed E-state index contributed by atoms with van der Waals surface area (Å²) in [6.07, 6.45) is 7.51. The number of aliphatic carboxylic acids is 1. The fourth-order valence-corrected chi connectivity index (χ4v) is 1.23. The van der Waals surface area contributed by atoms with E-state index in [0.717, 1.165) is 4.90 Å². The van der Waals surface area contributed by atoms with Crippen molar-refractivity contribution >= 4 is 23.5 Å². The van der Waals surface area contributed by atoms with E-state index in [2.05, 4.69) is 15.9 Å². The van der Waals surface area contributed by atoms with Gasteiger partial charge in [-0.05, 0) is 0 Å². The van der Waals surface area contributed by atoms with E-state index in [1.165, 1.54) is 12.4 Å². The van der Waals surface area contributed by atoms with Crippen LogP contribution in [0.2, 0.25) is 5.15 Å². The second kappa shape index (κ2) is 5.82. The molecule has 1 amide bonds. The van der Waals surface area contributed by atoms with Crippen molar-refractivity contribution in [3.8, 4) is 12.3 Å². The molecule has 0 aliphatic rings. The topological polar surface area (TPSA) is 83.4 Å². The lowest BCUT2D eigenvalue weighted by atomic mass is 10.3. The lowest BCUT2D eigenvalue weighted by Gasteiger charge is -2.16. The first kappa shape index (κ1) is 12.9. The Kier molecular flexibility index (Phi) is 4.43. The van der Waals surface area contributed by atoms with Crippen LogP contribution >= 0.6 is 11.6 Å². The molecule has 0 atom stereocenters. The second-order valence-corrected chi connectivity index (χ2v) is 3.37. The minimum atomic E-state index is -1.16. The number of terminal acetylenes is 1. The van der Waals surface area contributed by atoms with Gasteiger partial charge in [-0.2, -0.15) is 0 Å². The van der Waals surface area contributed by atoms with Crippen LogP contribution in [0.15, 0.2) is 12.4 Å². The molecule has 0 spiro atoms. The Morgan fingerprint density at radius 1 is 1.53 bits per heavy atom. The highest BCUT2D eigenvalue weighted by molar-refractivity contribution is 6.29. The average molecular weight is 254 g/mol. The number of hydrogen-bond donors (Lipinski definition) is 1. The van der Waals surface area contributed by atoms with Gasteiger partial charge in [0.1, 0.15) is 17.4 Å². The molecule has 1 rings (SSSR count). The molecule has 0 bridgehead atoms. The molecule has 7 heteroatoms. The van der Waals surface area contributed by atoms with Gasteiger partial charge in [-0.25, -0.2) is 4.98 Å². The largest absolute Gasteiger partial charge is 0.480 e. The smallest absolute Gasteiger partial charge is 0.323 e. The summed E-state index contributed by atoms with van der Waals surface area (Å²) in [5.74, 6) is 0.411. The maximum atomic E-state index is 11.8. The number of rotatable bonds is 4. The third-order valence-corrected chi connectivity index (χ3v) is 1.90. The van der Waals surface area contributed by atoms with Gasteiger partial charge >= 0.3 is 5.97 Å². The van der Waals surface area contributed by atoms with E-state index >= 15 is 0 Å². The molecule has 1 N–H and O–H groups in total. The normalized spacial score (nSPS) is 9.41. The van der Waals surface area contributed by atoms with Gasteiger partial charge in [0.25, 0.3) is 5.91 Å². The van der Waals surface area contributed by atoms with Crippen LogP contribution in [0, 0.1) is 12.3 Å². The van der Waals surface area contributed by atoms with Crippen LogP contribution in [0.4, 0.5) is 0 Å². The number of carbonyl (C=O) groups excluding carboxylic acids is 1. The molecular formula is C10H8ClN3O3. The summed E-state index contributed by atoms with van der Waals surface area (Å²) in [6.45, 7) is -0.628. The van der Waals surface area contributed by atoms with Crippen molar-refractivity contribution in [2.75, 3.05) is 13.1 Å². The SMILES string of the molecule is C#CCN(CC(=O)O)C(=O)c1cncc(Cl)n1. The molecule has 1 aromatic rings. The van der Waals surface area contributed by atoms with E-state index in [1.807, 2.05) is 0 Å². The summed E-state index contributed by atoms with van der Waals surface area (Å²) in [6, 6.07) is 0. The van der Waals surface area contributed by atoms with E-state index < -0.39 is 18.4 Å². The van der Waals surface area contributed by atoms with Gasteiger partial charge in [-0.15, -0.1) is 6.42 Å². The Hall–Kier alpha value is -2.13. The Morgan fingerprint density at radius 2 is 2.24 bits per heavy atom. The van der Waals surface area contributed by atoms with Crippen molar-refractivity contribution in [1.82, 2.24) is 14.9 Å². The Morgan fingerprint density at radius 3 is 2.76 bits per heavy atom. The standard InChI is InChI=1S/C10H8ClN3O3/c1-2-3-14(6-9(15)16)10(17)7-4-12-5-8(11)13-7/h1,4-5H,3,6H2,(H,15,16). The van der Waals surface area contributed by atoms with Crippen LogP contribution in [0.25, 0.3) is 0 Å². The van der Waals surface area contributed by atoms with Crippen LogP contribution in [-0.2, 0) is 4.79 Å². The summed E-state index contributed by atoms with van der Waals surface area (Å²) in [5.41, 5.74) is -0.0472. The van der Waals surface area contributed by atoms with E-state index in [1.54, 1.807) is 0 Å². The zero-order valence-corrected chi connectivity index (χ0v) is 9.39. The lowest BCUT2D eigenvalue weighted by molar-refractivity contribution is -0.137. The predicted molar refractivity (Wildman–Crippen MR) is 59.4 cm³/mol. The number of carbonyl (C=O) groups is 2. The van der Waals surface area contributed by atoms with E-state index in [-0.39, 0.29) is 17.4 Å². The van der Waals surface area contributed by atoms with Gasteiger partial charge in [-0.3, -0.25) is 14.6 Å². The van der Waals surface area contributed by atoms with E-state index in [0.29, 0.717) is 0 Å². The molecule has 0 radical (unpaired) electrons. The van der Waals surface area contributed by atoms with Crippen LogP contribution in [0.1, 0.15) is 10.5 Å². The quantitative estimate of drug-likeness (QED) is 0.780. The number of hydrogen-bond acceptors (Lipinski definition) is 4.